The lowest BCUT2D eigenvalue weighted by Crippen LogP contribution is -1.96. The third-order valence-corrected chi connectivity index (χ3v) is 2.47. The Labute approximate surface area is 98.5 Å². The van der Waals surface area contributed by atoms with E-state index in [0.29, 0.717) is 5.56 Å². The highest BCUT2D eigenvalue weighted by Crippen LogP contribution is 2.22. The van der Waals surface area contributed by atoms with Crippen LogP contribution in [0.4, 0.5) is 5.69 Å². The third kappa shape index (κ3) is 2.84. The highest BCUT2D eigenvalue weighted by molar-refractivity contribution is 5.88. The van der Waals surface area contributed by atoms with Crippen molar-refractivity contribution in [1.82, 2.24) is 9.97 Å². The monoisotopic (exact) mass is 231 g/mol. The second-order valence-corrected chi connectivity index (χ2v) is 3.61. The number of hydrogen-bond acceptors (Lipinski definition) is 3. The Morgan fingerprint density at radius 2 is 2.29 bits per heavy atom. The second-order valence-electron chi connectivity index (χ2n) is 3.61. The van der Waals surface area contributed by atoms with E-state index in [1.54, 1.807) is 30.9 Å². The minimum absolute atomic E-state index is 0.373. The van der Waals surface area contributed by atoms with E-state index in [4.69, 9.17) is 5.11 Å². The van der Waals surface area contributed by atoms with E-state index in [1.807, 2.05) is 6.07 Å². The first-order valence-electron chi connectivity index (χ1n) is 5.30. The number of carboxylic acid groups (broad SMARTS) is 1. The van der Waals surface area contributed by atoms with Gasteiger partial charge in [0.15, 0.2) is 0 Å². The number of hydrogen-bond donors (Lipinski definition) is 3. The van der Waals surface area contributed by atoms with E-state index in [-0.39, 0.29) is 0 Å². The molecule has 1 aliphatic heterocycles. The van der Waals surface area contributed by atoms with E-state index in [9.17, 15) is 4.79 Å². The fourth-order valence-corrected chi connectivity index (χ4v) is 1.65. The Morgan fingerprint density at radius 1 is 1.41 bits per heavy atom. The molecule has 5 nitrogen and oxygen atoms in total. The van der Waals surface area contributed by atoms with Gasteiger partial charge in [-0.1, -0.05) is 0 Å². The average Bonchev–Trinajstić information content (AvgIpc) is 3.02. The molecule has 5 heteroatoms. The molecule has 0 bridgehead atoms. The smallest absolute Gasteiger partial charge is 0.335 e. The summed E-state index contributed by atoms with van der Waals surface area (Å²) in [6, 6.07) is 5.18. The maximum absolute atomic E-state index is 10.6. The molecule has 0 radical (unpaired) electrons. The van der Waals surface area contributed by atoms with Gasteiger partial charge >= 0.3 is 5.97 Å². The molecule has 2 heterocycles. The SMILES string of the molecule is O=C(O)c1ccc2c(c1)CCN2.c1c[nH]cn1. The van der Waals surface area contributed by atoms with Gasteiger partial charge in [-0.25, -0.2) is 9.78 Å². The van der Waals surface area contributed by atoms with Gasteiger partial charge in [-0.05, 0) is 30.2 Å². The van der Waals surface area contributed by atoms with Gasteiger partial charge in [0, 0.05) is 24.6 Å². The normalized spacial score (nSPS) is 12.0. The second kappa shape index (κ2) is 5.16. The molecule has 0 atom stereocenters. The first kappa shape index (κ1) is 11.2. The van der Waals surface area contributed by atoms with Gasteiger partial charge in [0.25, 0.3) is 0 Å². The van der Waals surface area contributed by atoms with Crippen molar-refractivity contribution in [3.05, 3.63) is 48.0 Å². The zero-order valence-electron chi connectivity index (χ0n) is 9.18. The van der Waals surface area contributed by atoms with Crippen molar-refractivity contribution < 1.29 is 9.90 Å². The molecule has 88 valence electrons. The Bertz CT molecular complexity index is 477. The van der Waals surface area contributed by atoms with Crippen LogP contribution in [-0.4, -0.2) is 27.6 Å². The number of nitrogens with one attached hydrogen (secondary N) is 2. The van der Waals surface area contributed by atoms with Crippen molar-refractivity contribution in [3.8, 4) is 0 Å². The Morgan fingerprint density at radius 3 is 2.88 bits per heavy atom. The summed E-state index contributed by atoms with van der Waals surface area (Å²) < 4.78 is 0. The summed E-state index contributed by atoms with van der Waals surface area (Å²) in [5.41, 5.74) is 2.55. The van der Waals surface area contributed by atoms with Crippen molar-refractivity contribution in [1.29, 1.82) is 0 Å². The highest BCUT2D eigenvalue weighted by Gasteiger charge is 2.11. The van der Waals surface area contributed by atoms with E-state index in [1.165, 1.54) is 0 Å². The van der Waals surface area contributed by atoms with Crippen molar-refractivity contribution >= 4 is 11.7 Å². The number of benzene rings is 1. The molecule has 0 amide bonds. The van der Waals surface area contributed by atoms with Gasteiger partial charge in [-0.3, -0.25) is 0 Å². The summed E-state index contributed by atoms with van der Waals surface area (Å²) in [4.78, 5) is 17.0. The maximum atomic E-state index is 10.6. The predicted molar refractivity (Wildman–Crippen MR) is 64.2 cm³/mol. The molecule has 0 saturated heterocycles. The average molecular weight is 231 g/mol. The predicted octanol–water partition coefficient (Wildman–Crippen LogP) is 1.76. The van der Waals surface area contributed by atoms with Gasteiger partial charge in [0.05, 0.1) is 11.9 Å². The largest absolute Gasteiger partial charge is 0.478 e. The highest BCUT2D eigenvalue weighted by atomic mass is 16.4. The molecule has 1 aliphatic rings. The third-order valence-electron chi connectivity index (χ3n) is 2.47. The van der Waals surface area contributed by atoms with Gasteiger partial charge < -0.3 is 15.4 Å². The lowest BCUT2D eigenvalue weighted by atomic mass is 10.1. The molecular weight excluding hydrogens is 218 g/mol. The lowest BCUT2D eigenvalue weighted by molar-refractivity contribution is 0.0697. The molecule has 3 rings (SSSR count). The lowest BCUT2D eigenvalue weighted by Gasteiger charge is -1.99. The summed E-state index contributed by atoms with van der Waals surface area (Å²) in [6.45, 7) is 0.915. The van der Waals surface area contributed by atoms with E-state index in [0.717, 1.165) is 24.2 Å². The summed E-state index contributed by atoms with van der Waals surface area (Å²) in [5, 5.41) is 11.9. The number of aromatic nitrogens is 2. The van der Waals surface area contributed by atoms with Gasteiger partial charge in [0.1, 0.15) is 0 Å². The molecular formula is C12H13N3O2. The van der Waals surface area contributed by atoms with E-state index in [2.05, 4.69) is 15.3 Å². The summed E-state index contributed by atoms with van der Waals surface area (Å²) >= 11 is 0. The maximum Gasteiger partial charge on any atom is 0.335 e. The standard InChI is InChI=1S/C9H9NO2.C3H4N2/c11-9(12)7-1-2-8-6(5-7)3-4-10-8;1-2-5-3-4-1/h1-2,5,10H,3-4H2,(H,11,12);1-3H,(H,4,5). The number of nitrogens with zero attached hydrogens (tertiary/aromatic N) is 1. The molecule has 0 unspecified atom stereocenters. The molecule has 1 aromatic carbocycles. The minimum atomic E-state index is -0.857. The van der Waals surface area contributed by atoms with Crippen molar-refractivity contribution in [3.63, 3.8) is 0 Å². The quantitative estimate of drug-likeness (QED) is 0.698. The van der Waals surface area contributed by atoms with E-state index >= 15 is 0 Å². The fourth-order valence-electron chi connectivity index (χ4n) is 1.65. The number of fused-ring (bicyclic) bond motifs is 1. The Balaban J connectivity index is 0.000000181. The van der Waals surface area contributed by atoms with Crippen molar-refractivity contribution in [2.45, 2.75) is 6.42 Å². The van der Waals surface area contributed by atoms with Crippen LogP contribution < -0.4 is 5.32 Å². The number of aromatic amines is 1. The number of H-pyrrole nitrogens is 1. The van der Waals surface area contributed by atoms with Crippen LogP contribution in [0.3, 0.4) is 0 Å². The number of carboxylic acids is 1. The fraction of sp³-hybridized carbons (Fsp3) is 0.167. The molecule has 0 saturated carbocycles. The Hall–Kier alpha value is -2.30. The van der Waals surface area contributed by atoms with Crippen LogP contribution in [0, 0.1) is 0 Å². The number of aromatic carboxylic acids is 1. The van der Waals surface area contributed by atoms with Gasteiger partial charge in [-0.2, -0.15) is 0 Å². The molecule has 0 fully saturated rings. The molecule has 0 aliphatic carbocycles. The van der Waals surface area contributed by atoms with Crippen LogP contribution in [0.1, 0.15) is 15.9 Å². The number of anilines is 1. The first-order valence-corrected chi connectivity index (χ1v) is 5.30. The van der Waals surface area contributed by atoms with Crippen LogP contribution in [0.25, 0.3) is 0 Å². The molecule has 3 N–H and O–H groups in total. The van der Waals surface area contributed by atoms with Crippen LogP contribution >= 0.6 is 0 Å². The molecule has 1 aromatic heterocycles. The van der Waals surface area contributed by atoms with Crippen LogP contribution in [0.15, 0.2) is 36.9 Å². The summed E-state index contributed by atoms with van der Waals surface area (Å²) in [6.07, 6.45) is 6.01. The summed E-state index contributed by atoms with van der Waals surface area (Å²) in [5.74, 6) is -0.857. The zero-order chi connectivity index (χ0) is 12.1. The van der Waals surface area contributed by atoms with Gasteiger partial charge in [0.2, 0.25) is 0 Å². The zero-order valence-corrected chi connectivity index (χ0v) is 9.18. The molecule has 0 spiro atoms. The first-order chi connectivity index (χ1) is 8.27. The molecule has 17 heavy (non-hydrogen) atoms. The van der Waals surface area contributed by atoms with Crippen LogP contribution in [0.5, 0.6) is 0 Å². The van der Waals surface area contributed by atoms with Crippen molar-refractivity contribution in [2.75, 3.05) is 11.9 Å². The minimum Gasteiger partial charge on any atom is -0.478 e. The van der Waals surface area contributed by atoms with Crippen LogP contribution in [0.2, 0.25) is 0 Å². The topological polar surface area (TPSA) is 78.0 Å². The summed E-state index contributed by atoms with van der Waals surface area (Å²) in [7, 11) is 0. The van der Waals surface area contributed by atoms with Crippen molar-refractivity contribution in [2.24, 2.45) is 0 Å². The van der Waals surface area contributed by atoms with E-state index < -0.39 is 5.97 Å². The number of rotatable bonds is 1. The Kier molecular flexibility index (Phi) is 3.40. The number of imidazole rings is 1. The van der Waals surface area contributed by atoms with Gasteiger partial charge in [-0.15, -0.1) is 0 Å². The number of carbonyl (C=O) groups is 1. The van der Waals surface area contributed by atoms with Crippen LogP contribution in [-0.2, 0) is 6.42 Å². The molecule has 2 aromatic rings.